The van der Waals surface area contributed by atoms with E-state index in [0.717, 1.165) is 5.56 Å². The van der Waals surface area contributed by atoms with Crippen LogP contribution >= 0.6 is 0 Å². The predicted molar refractivity (Wildman–Crippen MR) is 84.4 cm³/mol. The lowest BCUT2D eigenvalue weighted by Gasteiger charge is -2.07. The fourth-order valence-corrected chi connectivity index (χ4v) is 2.11. The lowest BCUT2D eigenvalue weighted by molar-refractivity contribution is -0.129. The fourth-order valence-electron chi connectivity index (χ4n) is 2.11. The number of nitrogens with zero attached hydrogens (tertiary/aromatic N) is 2. The summed E-state index contributed by atoms with van der Waals surface area (Å²) in [6, 6.07) is 10.6. The minimum Gasteiger partial charge on any atom is -0.493 e. The molecular weight excluding hydrogens is 296 g/mol. The number of rotatable bonds is 4. The zero-order valence-electron chi connectivity index (χ0n) is 12.6. The summed E-state index contributed by atoms with van der Waals surface area (Å²) < 4.78 is 15.6. The van der Waals surface area contributed by atoms with E-state index in [9.17, 15) is 4.79 Å². The molecule has 2 aromatic rings. The van der Waals surface area contributed by atoms with Gasteiger partial charge in [0.1, 0.15) is 5.69 Å². The van der Waals surface area contributed by atoms with Crippen LogP contribution in [0.4, 0.5) is 0 Å². The largest absolute Gasteiger partial charge is 0.493 e. The summed E-state index contributed by atoms with van der Waals surface area (Å²) >= 11 is 0. The summed E-state index contributed by atoms with van der Waals surface area (Å²) in [6.45, 7) is 0. The molecule has 6 nitrogen and oxygen atoms in total. The quantitative estimate of drug-likeness (QED) is 0.641. The number of aliphatic imine (C=N–C) groups is 1. The normalized spacial score (nSPS) is 15.3. The third-order valence-electron chi connectivity index (χ3n) is 3.22. The van der Waals surface area contributed by atoms with Gasteiger partial charge in [-0.05, 0) is 35.9 Å². The molecule has 0 amide bonds. The van der Waals surface area contributed by atoms with Gasteiger partial charge in [-0.3, -0.25) is 4.98 Å². The Morgan fingerprint density at radius 3 is 2.61 bits per heavy atom. The molecule has 0 radical (unpaired) electrons. The summed E-state index contributed by atoms with van der Waals surface area (Å²) in [7, 11) is 3.11. The molecule has 0 atom stereocenters. The highest BCUT2D eigenvalue weighted by molar-refractivity contribution is 6.12. The Kier molecular flexibility index (Phi) is 4.05. The molecule has 0 saturated heterocycles. The van der Waals surface area contributed by atoms with Crippen LogP contribution in [-0.4, -0.2) is 31.1 Å². The topological polar surface area (TPSA) is 70.0 Å². The highest BCUT2D eigenvalue weighted by atomic mass is 16.6. The maximum atomic E-state index is 12.0. The zero-order chi connectivity index (χ0) is 16.2. The number of cyclic esters (lactones) is 1. The molecule has 23 heavy (non-hydrogen) atoms. The molecule has 0 saturated carbocycles. The second-order valence-electron chi connectivity index (χ2n) is 4.67. The third-order valence-corrected chi connectivity index (χ3v) is 3.22. The van der Waals surface area contributed by atoms with Crippen LogP contribution in [0.5, 0.6) is 11.5 Å². The van der Waals surface area contributed by atoms with Crippen molar-refractivity contribution in [2.45, 2.75) is 0 Å². The number of hydrogen-bond donors (Lipinski definition) is 0. The molecule has 0 aliphatic carbocycles. The van der Waals surface area contributed by atoms with E-state index in [1.54, 1.807) is 62.9 Å². The summed E-state index contributed by atoms with van der Waals surface area (Å²) in [6.07, 6.45) is 3.24. The van der Waals surface area contributed by atoms with Gasteiger partial charge < -0.3 is 14.2 Å². The molecule has 0 spiro atoms. The summed E-state index contributed by atoms with van der Waals surface area (Å²) in [5.41, 5.74) is 1.47. The molecule has 0 unspecified atom stereocenters. The Morgan fingerprint density at radius 2 is 1.91 bits per heavy atom. The van der Waals surface area contributed by atoms with Gasteiger partial charge in [-0.1, -0.05) is 12.1 Å². The minimum absolute atomic E-state index is 0.197. The molecule has 1 aromatic carbocycles. The highest BCUT2D eigenvalue weighted by Crippen LogP contribution is 2.29. The van der Waals surface area contributed by atoms with E-state index in [2.05, 4.69) is 9.98 Å². The number of aromatic nitrogens is 1. The highest BCUT2D eigenvalue weighted by Gasteiger charge is 2.24. The van der Waals surface area contributed by atoms with Crippen molar-refractivity contribution >= 4 is 17.9 Å². The van der Waals surface area contributed by atoms with E-state index in [0.29, 0.717) is 17.2 Å². The zero-order valence-corrected chi connectivity index (χ0v) is 12.6. The van der Waals surface area contributed by atoms with Crippen molar-refractivity contribution in [2.75, 3.05) is 14.2 Å². The standard InChI is InChI=1S/C17H14N2O4/c1-21-14-7-6-11(10-15(14)22-2)9-13-17(20)23-16(19-13)12-5-3-4-8-18-12/h3-10H,1-2H3/b13-9+. The van der Waals surface area contributed by atoms with Gasteiger partial charge in [-0.15, -0.1) is 0 Å². The molecule has 1 aliphatic rings. The molecule has 116 valence electrons. The number of carbonyl (C=O) groups excluding carboxylic acids is 1. The molecule has 2 heterocycles. The van der Waals surface area contributed by atoms with Crippen molar-refractivity contribution in [1.82, 2.24) is 4.98 Å². The number of carbonyl (C=O) groups is 1. The van der Waals surface area contributed by atoms with Crippen LogP contribution in [0, 0.1) is 0 Å². The third kappa shape index (κ3) is 3.06. The van der Waals surface area contributed by atoms with Crippen LogP contribution in [0.2, 0.25) is 0 Å². The first-order valence-corrected chi connectivity index (χ1v) is 6.87. The molecule has 0 fully saturated rings. The van der Waals surface area contributed by atoms with Crippen LogP contribution in [-0.2, 0) is 9.53 Å². The first-order chi connectivity index (χ1) is 11.2. The smallest absolute Gasteiger partial charge is 0.363 e. The van der Waals surface area contributed by atoms with Crippen molar-refractivity contribution in [1.29, 1.82) is 0 Å². The van der Waals surface area contributed by atoms with Gasteiger partial charge in [0, 0.05) is 6.20 Å². The Bertz CT molecular complexity index is 797. The van der Waals surface area contributed by atoms with E-state index >= 15 is 0 Å². The number of benzene rings is 1. The van der Waals surface area contributed by atoms with Crippen molar-refractivity contribution < 1.29 is 19.0 Å². The van der Waals surface area contributed by atoms with Crippen LogP contribution in [0.25, 0.3) is 6.08 Å². The van der Waals surface area contributed by atoms with Crippen molar-refractivity contribution in [3.05, 3.63) is 59.5 Å². The second-order valence-corrected chi connectivity index (χ2v) is 4.67. The van der Waals surface area contributed by atoms with Gasteiger partial charge in [0.25, 0.3) is 0 Å². The molecule has 1 aromatic heterocycles. The van der Waals surface area contributed by atoms with Gasteiger partial charge in [0.15, 0.2) is 17.2 Å². The predicted octanol–water partition coefficient (Wildman–Crippen LogP) is 2.44. The first kappa shape index (κ1) is 14.8. The molecular formula is C17H14N2O4. The number of ether oxygens (including phenoxy) is 3. The average molecular weight is 310 g/mol. The fraction of sp³-hybridized carbons (Fsp3) is 0.118. The SMILES string of the molecule is COc1ccc(/C=C2/N=C(c3ccccn3)OC2=O)cc1OC. The number of pyridine rings is 1. The molecule has 3 rings (SSSR count). The number of esters is 1. The first-order valence-electron chi connectivity index (χ1n) is 6.87. The van der Waals surface area contributed by atoms with Gasteiger partial charge in [-0.25, -0.2) is 9.79 Å². The van der Waals surface area contributed by atoms with Crippen LogP contribution in [0.3, 0.4) is 0 Å². The second kappa shape index (κ2) is 6.31. The summed E-state index contributed by atoms with van der Waals surface area (Å²) in [4.78, 5) is 20.3. The summed E-state index contributed by atoms with van der Waals surface area (Å²) in [5.74, 6) is 0.867. The summed E-state index contributed by atoms with van der Waals surface area (Å²) in [5, 5.41) is 0. The van der Waals surface area contributed by atoms with Crippen LogP contribution in [0.15, 0.2) is 53.3 Å². The lowest BCUT2D eigenvalue weighted by atomic mass is 10.1. The number of methoxy groups -OCH3 is 2. The van der Waals surface area contributed by atoms with E-state index in [-0.39, 0.29) is 11.6 Å². The van der Waals surface area contributed by atoms with Gasteiger partial charge in [0.2, 0.25) is 5.90 Å². The lowest BCUT2D eigenvalue weighted by Crippen LogP contribution is -2.06. The van der Waals surface area contributed by atoms with E-state index < -0.39 is 5.97 Å². The Balaban J connectivity index is 1.93. The molecule has 1 aliphatic heterocycles. The van der Waals surface area contributed by atoms with Crippen LogP contribution in [0.1, 0.15) is 11.3 Å². The molecule has 6 heteroatoms. The maximum Gasteiger partial charge on any atom is 0.363 e. The molecule has 0 N–H and O–H groups in total. The van der Waals surface area contributed by atoms with Crippen LogP contribution < -0.4 is 9.47 Å². The van der Waals surface area contributed by atoms with E-state index in [4.69, 9.17) is 14.2 Å². The van der Waals surface area contributed by atoms with Gasteiger partial charge in [0.05, 0.1) is 14.2 Å². The maximum absolute atomic E-state index is 12.0. The van der Waals surface area contributed by atoms with Gasteiger partial charge >= 0.3 is 5.97 Å². The van der Waals surface area contributed by atoms with Crippen molar-refractivity contribution in [2.24, 2.45) is 4.99 Å². The van der Waals surface area contributed by atoms with Crippen molar-refractivity contribution in [3.63, 3.8) is 0 Å². The Labute approximate surface area is 133 Å². The average Bonchev–Trinajstić information content (AvgIpc) is 2.96. The minimum atomic E-state index is -0.513. The monoisotopic (exact) mass is 310 g/mol. The van der Waals surface area contributed by atoms with Crippen molar-refractivity contribution in [3.8, 4) is 11.5 Å². The van der Waals surface area contributed by atoms with Gasteiger partial charge in [-0.2, -0.15) is 0 Å². The number of hydrogen-bond acceptors (Lipinski definition) is 6. The van der Waals surface area contributed by atoms with E-state index in [1.807, 2.05) is 0 Å². The Hall–Kier alpha value is -3.15. The van der Waals surface area contributed by atoms with E-state index in [1.165, 1.54) is 0 Å². The molecule has 0 bridgehead atoms. The Morgan fingerprint density at radius 1 is 1.09 bits per heavy atom.